The van der Waals surface area contributed by atoms with E-state index in [9.17, 15) is 14.4 Å². The summed E-state index contributed by atoms with van der Waals surface area (Å²) in [5.74, 6) is -1.41. The summed E-state index contributed by atoms with van der Waals surface area (Å²) in [6.07, 6.45) is 2.64. The smallest absolute Gasteiger partial charge is 0.306 e. The number of benzene rings is 1. The summed E-state index contributed by atoms with van der Waals surface area (Å²) in [4.78, 5) is 38.0. The van der Waals surface area contributed by atoms with Gasteiger partial charge in [-0.3, -0.25) is 19.1 Å². The molecule has 3 rings (SSSR count). The number of rotatable bonds is 5. The first kappa shape index (κ1) is 20.6. The molecule has 2 heterocycles. The fourth-order valence-corrected chi connectivity index (χ4v) is 3.51. The summed E-state index contributed by atoms with van der Waals surface area (Å²) in [6, 6.07) is 6.74. The molecular weight excluding hydrogens is 372 g/mol. The molecule has 1 aliphatic heterocycles. The molecule has 8 nitrogen and oxygen atoms in total. The number of nitrogens with one attached hydrogen (secondary N) is 1. The third-order valence-corrected chi connectivity index (χ3v) is 5.17. The van der Waals surface area contributed by atoms with Crippen molar-refractivity contribution in [1.82, 2.24) is 14.7 Å². The van der Waals surface area contributed by atoms with Crippen LogP contribution in [0.1, 0.15) is 59.0 Å². The van der Waals surface area contributed by atoms with E-state index in [4.69, 9.17) is 5.11 Å². The number of hydrogen-bond donors (Lipinski definition) is 2. The topological polar surface area (TPSA) is 105 Å². The second kappa shape index (κ2) is 8.46. The van der Waals surface area contributed by atoms with E-state index in [0.29, 0.717) is 42.7 Å². The highest BCUT2D eigenvalue weighted by Gasteiger charge is 2.27. The molecule has 1 aromatic heterocycles. The molecule has 1 fully saturated rings. The van der Waals surface area contributed by atoms with Crippen molar-refractivity contribution in [1.29, 1.82) is 0 Å². The van der Waals surface area contributed by atoms with Crippen molar-refractivity contribution >= 4 is 23.5 Å². The van der Waals surface area contributed by atoms with Crippen LogP contribution in [0.4, 0.5) is 5.69 Å². The Labute approximate surface area is 169 Å². The van der Waals surface area contributed by atoms with Gasteiger partial charge >= 0.3 is 5.97 Å². The molecule has 2 N–H and O–H groups in total. The predicted molar refractivity (Wildman–Crippen MR) is 108 cm³/mol. The Hall–Kier alpha value is -3.16. The first-order chi connectivity index (χ1) is 13.8. The van der Waals surface area contributed by atoms with Gasteiger partial charge in [0.25, 0.3) is 11.8 Å². The van der Waals surface area contributed by atoms with Crippen molar-refractivity contribution < 1.29 is 19.5 Å². The maximum absolute atomic E-state index is 12.6. The molecule has 0 bridgehead atoms. The maximum atomic E-state index is 12.6. The first-order valence-electron chi connectivity index (χ1n) is 9.73. The third-order valence-electron chi connectivity index (χ3n) is 5.17. The number of likely N-dealkylation sites (tertiary alicyclic amines) is 1. The molecule has 1 saturated heterocycles. The molecule has 8 heteroatoms. The highest BCUT2D eigenvalue weighted by Crippen LogP contribution is 2.21. The molecule has 0 spiro atoms. The minimum absolute atomic E-state index is 0.124. The zero-order chi connectivity index (χ0) is 21.1. The van der Waals surface area contributed by atoms with E-state index in [1.54, 1.807) is 47.1 Å². The maximum Gasteiger partial charge on any atom is 0.306 e. The zero-order valence-electron chi connectivity index (χ0n) is 16.9. The van der Waals surface area contributed by atoms with Gasteiger partial charge in [0, 0.05) is 37.6 Å². The summed E-state index contributed by atoms with van der Waals surface area (Å²) < 4.78 is 1.62. The van der Waals surface area contributed by atoms with E-state index < -0.39 is 5.97 Å². The van der Waals surface area contributed by atoms with Crippen molar-refractivity contribution in [2.24, 2.45) is 13.0 Å². The SMILES string of the molecule is CC(C)c1nn(C)cc1C(=O)Nc1ccc(C(=O)N2CCC(C(=O)O)CC2)cc1. The van der Waals surface area contributed by atoms with Crippen molar-refractivity contribution in [3.8, 4) is 0 Å². The molecule has 0 radical (unpaired) electrons. The minimum Gasteiger partial charge on any atom is -0.481 e. The van der Waals surface area contributed by atoms with Crippen molar-refractivity contribution in [3.63, 3.8) is 0 Å². The summed E-state index contributed by atoms with van der Waals surface area (Å²) in [5.41, 5.74) is 2.38. The Balaban J connectivity index is 1.64. The van der Waals surface area contributed by atoms with Crippen LogP contribution in [0.3, 0.4) is 0 Å². The van der Waals surface area contributed by atoms with Gasteiger partial charge in [-0.2, -0.15) is 5.10 Å². The highest BCUT2D eigenvalue weighted by molar-refractivity contribution is 6.05. The number of amides is 2. The lowest BCUT2D eigenvalue weighted by Gasteiger charge is -2.30. The molecule has 154 valence electrons. The molecule has 2 aromatic rings. The fourth-order valence-electron chi connectivity index (χ4n) is 3.51. The number of aliphatic carboxylic acids is 1. The van der Waals surface area contributed by atoms with Crippen LogP contribution in [0.5, 0.6) is 0 Å². The van der Waals surface area contributed by atoms with E-state index in [1.807, 2.05) is 13.8 Å². The Kier molecular flexibility index (Phi) is 6.00. The molecule has 1 aromatic carbocycles. The van der Waals surface area contributed by atoms with Crippen LogP contribution in [-0.4, -0.2) is 50.7 Å². The van der Waals surface area contributed by atoms with Gasteiger partial charge in [-0.05, 0) is 43.0 Å². The van der Waals surface area contributed by atoms with Crippen molar-refractivity contribution in [3.05, 3.63) is 47.3 Å². The minimum atomic E-state index is -0.800. The molecule has 0 aliphatic carbocycles. The quantitative estimate of drug-likeness (QED) is 0.806. The number of aromatic nitrogens is 2. The van der Waals surface area contributed by atoms with Crippen LogP contribution in [0.15, 0.2) is 30.5 Å². The molecular formula is C21H26N4O4. The van der Waals surface area contributed by atoms with Gasteiger partial charge < -0.3 is 15.3 Å². The van der Waals surface area contributed by atoms with Crippen molar-refractivity contribution in [2.45, 2.75) is 32.6 Å². The molecule has 0 unspecified atom stereocenters. The summed E-state index contributed by atoms with van der Waals surface area (Å²) in [6.45, 7) is 4.85. The van der Waals surface area contributed by atoms with Gasteiger partial charge in [0.15, 0.2) is 0 Å². The lowest BCUT2D eigenvalue weighted by atomic mass is 9.96. The molecule has 29 heavy (non-hydrogen) atoms. The number of anilines is 1. The number of aryl methyl sites for hydroxylation is 1. The van der Waals surface area contributed by atoms with Crippen LogP contribution in [0, 0.1) is 5.92 Å². The normalized spacial score (nSPS) is 14.8. The van der Waals surface area contributed by atoms with Crippen LogP contribution in [0.2, 0.25) is 0 Å². The van der Waals surface area contributed by atoms with Crippen LogP contribution >= 0.6 is 0 Å². The van der Waals surface area contributed by atoms with E-state index in [1.165, 1.54) is 0 Å². The fraction of sp³-hybridized carbons (Fsp3) is 0.429. The molecule has 2 amide bonds. The largest absolute Gasteiger partial charge is 0.481 e. The Bertz CT molecular complexity index is 909. The van der Waals surface area contributed by atoms with Crippen molar-refractivity contribution in [2.75, 3.05) is 18.4 Å². The van der Waals surface area contributed by atoms with Gasteiger partial charge in [-0.15, -0.1) is 0 Å². The van der Waals surface area contributed by atoms with Gasteiger partial charge in [-0.1, -0.05) is 13.8 Å². The molecule has 0 atom stereocenters. The lowest BCUT2D eigenvalue weighted by molar-refractivity contribution is -0.143. The lowest BCUT2D eigenvalue weighted by Crippen LogP contribution is -2.40. The number of carbonyl (C=O) groups is 3. The number of carboxylic acid groups (broad SMARTS) is 1. The second-order valence-electron chi connectivity index (χ2n) is 7.69. The average Bonchev–Trinajstić information content (AvgIpc) is 3.10. The van der Waals surface area contributed by atoms with E-state index in [-0.39, 0.29) is 23.7 Å². The Morgan fingerprint density at radius 3 is 2.31 bits per heavy atom. The zero-order valence-corrected chi connectivity index (χ0v) is 16.9. The van der Waals surface area contributed by atoms with Crippen LogP contribution < -0.4 is 5.32 Å². The summed E-state index contributed by atoms with van der Waals surface area (Å²) in [5, 5.41) is 16.3. The van der Waals surface area contributed by atoms with Gasteiger partial charge in [-0.25, -0.2) is 0 Å². The monoisotopic (exact) mass is 398 g/mol. The van der Waals surface area contributed by atoms with Gasteiger partial charge in [0.05, 0.1) is 17.2 Å². The second-order valence-corrected chi connectivity index (χ2v) is 7.69. The first-order valence-corrected chi connectivity index (χ1v) is 9.73. The van der Waals surface area contributed by atoms with E-state index >= 15 is 0 Å². The summed E-state index contributed by atoms with van der Waals surface area (Å²) in [7, 11) is 1.78. The number of piperidine rings is 1. The Morgan fingerprint density at radius 2 is 1.76 bits per heavy atom. The Morgan fingerprint density at radius 1 is 1.14 bits per heavy atom. The highest BCUT2D eigenvalue weighted by atomic mass is 16.4. The number of carbonyl (C=O) groups excluding carboxylic acids is 2. The molecule has 1 aliphatic rings. The van der Waals surface area contributed by atoms with E-state index in [2.05, 4.69) is 10.4 Å². The average molecular weight is 398 g/mol. The van der Waals surface area contributed by atoms with Gasteiger partial charge in [0.2, 0.25) is 0 Å². The standard InChI is InChI=1S/C21H26N4O4/c1-13(2)18-17(12-24(3)23-18)19(26)22-16-6-4-14(5-7-16)20(27)25-10-8-15(9-11-25)21(28)29/h4-7,12-13,15H,8-11H2,1-3H3,(H,22,26)(H,28,29). The number of carboxylic acids is 1. The van der Waals surface area contributed by atoms with Gasteiger partial charge in [0.1, 0.15) is 0 Å². The predicted octanol–water partition coefficient (Wildman–Crippen LogP) is 2.73. The van der Waals surface area contributed by atoms with Crippen LogP contribution in [0.25, 0.3) is 0 Å². The molecule has 0 saturated carbocycles. The van der Waals surface area contributed by atoms with Crippen LogP contribution in [-0.2, 0) is 11.8 Å². The number of hydrogen-bond acceptors (Lipinski definition) is 4. The number of nitrogens with zero attached hydrogens (tertiary/aromatic N) is 3. The van der Waals surface area contributed by atoms with E-state index in [0.717, 1.165) is 5.69 Å². The third kappa shape index (κ3) is 4.64. The summed E-state index contributed by atoms with van der Waals surface area (Å²) >= 11 is 0.